The molecule has 5 rings (SSSR count). The molecule has 0 fully saturated rings. The molecule has 0 saturated heterocycles. The third kappa shape index (κ3) is 3.21. The van der Waals surface area contributed by atoms with Crippen molar-refractivity contribution in [3.05, 3.63) is 121 Å². The molecule has 4 aromatic carbocycles. The predicted molar refractivity (Wildman–Crippen MR) is 130 cm³/mol. The summed E-state index contributed by atoms with van der Waals surface area (Å²) in [5.41, 5.74) is 8.62. The van der Waals surface area contributed by atoms with Gasteiger partial charge in [0.15, 0.2) is 0 Å². The van der Waals surface area contributed by atoms with E-state index in [1.807, 2.05) is 24.3 Å². The number of ether oxygens (including phenoxy) is 1. The third-order valence-electron chi connectivity index (χ3n) is 6.13. The van der Waals surface area contributed by atoms with Crippen molar-refractivity contribution in [3.63, 3.8) is 0 Å². The highest BCUT2D eigenvalue weighted by atomic mass is 16.5. The van der Waals surface area contributed by atoms with Crippen LogP contribution in [0.4, 0.5) is 17.1 Å². The Bertz CT molecular complexity index is 1260. The standard InChI is InChI=1S/C29H25NO/c1-4-31-24-14-10-13-22(19-24)30(21-11-6-5-7-12-21)23-17-18-26-25-15-8-9-16-27(25)29(2,3)28(26)20-23/h4-20H,1H2,2-3H3. The minimum absolute atomic E-state index is 0.0436. The molecule has 0 N–H and O–H groups in total. The lowest BCUT2D eigenvalue weighted by molar-refractivity contribution is 0.483. The molecule has 0 aromatic heterocycles. The average Bonchev–Trinajstić information content (AvgIpc) is 3.02. The Morgan fingerprint density at radius 1 is 0.677 bits per heavy atom. The van der Waals surface area contributed by atoms with Gasteiger partial charge in [0.2, 0.25) is 0 Å². The molecule has 0 radical (unpaired) electrons. The summed E-state index contributed by atoms with van der Waals surface area (Å²) in [6.45, 7) is 8.31. The SMILES string of the molecule is C=COc1cccc(N(c2ccccc2)c2ccc3c(c2)C(C)(C)c2ccccc2-3)c1. The molecule has 0 bridgehead atoms. The Kier molecular flexibility index (Phi) is 4.63. The van der Waals surface area contributed by atoms with Gasteiger partial charge in [0.1, 0.15) is 5.75 Å². The molecule has 1 aliphatic carbocycles. The fourth-order valence-corrected chi connectivity index (χ4v) is 4.65. The normalized spacial score (nSPS) is 13.2. The van der Waals surface area contributed by atoms with Crippen LogP contribution in [0, 0.1) is 0 Å². The topological polar surface area (TPSA) is 12.5 Å². The molecule has 2 nitrogen and oxygen atoms in total. The maximum absolute atomic E-state index is 5.56. The zero-order valence-corrected chi connectivity index (χ0v) is 17.9. The van der Waals surface area contributed by atoms with E-state index >= 15 is 0 Å². The summed E-state index contributed by atoms with van der Waals surface area (Å²) in [6.07, 6.45) is 1.46. The Balaban J connectivity index is 1.68. The third-order valence-corrected chi connectivity index (χ3v) is 6.13. The first-order valence-corrected chi connectivity index (χ1v) is 10.6. The Hall–Kier alpha value is -3.78. The second-order valence-electron chi connectivity index (χ2n) is 8.35. The first kappa shape index (κ1) is 19.2. The largest absolute Gasteiger partial charge is 0.466 e. The van der Waals surface area contributed by atoms with Crippen molar-refractivity contribution < 1.29 is 4.74 Å². The van der Waals surface area contributed by atoms with Crippen molar-refractivity contribution in [2.24, 2.45) is 0 Å². The lowest BCUT2D eigenvalue weighted by Gasteiger charge is -2.28. The van der Waals surface area contributed by atoms with E-state index in [4.69, 9.17) is 4.74 Å². The molecule has 0 saturated carbocycles. The van der Waals surface area contributed by atoms with Gasteiger partial charge in [-0.15, -0.1) is 0 Å². The minimum Gasteiger partial charge on any atom is -0.466 e. The summed E-state index contributed by atoms with van der Waals surface area (Å²) >= 11 is 0. The van der Waals surface area contributed by atoms with Crippen LogP contribution in [-0.4, -0.2) is 0 Å². The lowest BCUT2D eigenvalue weighted by Crippen LogP contribution is -2.16. The first-order chi connectivity index (χ1) is 15.1. The average molecular weight is 404 g/mol. The van der Waals surface area contributed by atoms with E-state index in [0.717, 1.165) is 22.8 Å². The van der Waals surface area contributed by atoms with Crippen molar-refractivity contribution in [1.82, 2.24) is 0 Å². The van der Waals surface area contributed by atoms with Gasteiger partial charge in [-0.1, -0.05) is 75.0 Å². The number of benzene rings is 4. The molecule has 0 amide bonds. The van der Waals surface area contributed by atoms with Gasteiger partial charge in [-0.3, -0.25) is 0 Å². The lowest BCUT2D eigenvalue weighted by atomic mass is 9.82. The van der Waals surface area contributed by atoms with Crippen LogP contribution in [0.5, 0.6) is 5.75 Å². The predicted octanol–water partition coefficient (Wildman–Crippen LogP) is 7.99. The number of rotatable bonds is 5. The second kappa shape index (κ2) is 7.48. The fourth-order valence-electron chi connectivity index (χ4n) is 4.65. The highest BCUT2D eigenvalue weighted by molar-refractivity contribution is 5.85. The summed E-state index contributed by atoms with van der Waals surface area (Å²) in [6, 6.07) is 34.1. The van der Waals surface area contributed by atoms with Crippen LogP contribution in [0.1, 0.15) is 25.0 Å². The van der Waals surface area contributed by atoms with Crippen molar-refractivity contribution in [3.8, 4) is 16.9 Å². The second-order valence-corrected chi connectivity index (χ2v) is 8.35. The Morgan fingerprint density at radius 2 is 1.35 bits per heavy atom. The van der Waals surface area contributed by atoms with E-state index in [-0.39, 0.29) is 5.41 Å². The molecule has 4 aromatic rings. The molecule has 31 heavy (non-hydrogen) atoms. The summed E-state index contributed by atoms with van der Waals surface area (Å²) in [7, 11) is 0. The molecule has 0 unspecified atom stereocenters. The van der Waals surface area contributed by atoms with Crippen LogP contribution in [0.2, 0.25) is 0 Å². The van der Waals surface area contributed by atoms with E-state index in [0.29, 0.717) is 0 Å². The maximum Gasteiger partial charge on any atom is 0.128 e. The van der Waals surface area contributed by atoms with Gasteiger partial charge in [-0.05, 0) is 58.7 Å². The number of hydrogen-bond acceptors (Lipinski definition) is 2. The van der Waals surface area contributed by atoms with Gasteiger partial charge in [0.05, 0.1) is 6.26 Å². The Labute approximate surface area is 184 Å². The molecule has 0 heterocycles. The van der Waals surface area contributed by atoms with E-state index in [2.05, 4.69) is 98.1 Å². The van der Waals surface area contributed by atoms with E-state index < -0.39 is 0 Å². The fraction of sp³-hybridized carbons (Fsp3) is 0.103. The van der Waals surface area contributed by atoms with Crippen molar-refractivity contribution in [1.29, 1.82) is 0 Å². The Morgan fingerprint density at radius 3 is 2.16 bits per heavy atom. The van der Waals surface area contributed by atoms with Crippen LogP contribution in [0.3, 0.4) is 0 Å². The summed E-state index contributed by atoms with van der Waals surface area (Å²) in [5.74, 6) is 0.766. The number of hydrogen-bond donors (Lipinski definition) is 0. The molecular weight excluding hydrogens is 378 g/mol. The van der Waals surface area contributed by atoms with Gasteiger partial charge in [0, 0.05) is 28.5 Å². The van der Waals surface area contributed by atoms with Crippen molar-refractivity contribution in [2.75, 3.05) is 4.90 Å². The molecule has 0 spiro atoms. The molecule has 0 aliphatic heterocycles. The maximum atomic E-state index is 5.56. The van der Waals surface area contributed by atoms with Gasteiger partial charge >= 0.3 is 0 Å². The minimum atomic E-state index is -0.0436. The number of fused-ring (bicyclic) bond motifs is 3. The van der Waals surface area contributed by atoms with Crippen LogP contribution in [0.25, 0.3) is 11.1 Å². The van der Waals surface area contributed by atoms with Crippen molar-refractivity contribution >= 4 is 17.1 Å². The summed E-state index contributed by atoms with van der Waals surface area (Å²) < 4.78 is 5.56. The zero-order chi connectivity index (χ0) is 21.4. The van der Waals surface area contributed by atoms with Gasteiger partial charge in [-0.25, -0.2) is 0 Å². The number of nitrogens with zero attached hydrogens (tertiary/aromatic N) is 1. The van der Waals surface area contributed by atoms with Crippen LogP contribution < -0.4 is 9.64 Å². The first-order valence-electron chi connectivity index (χ1n) is 10.6. The van der Waals surface area contributed by atoms with Gasteiger partial charge in [-0.2, -0.15) is 0 Å². The van der Waals surface area contributed by atoms with E-state index in [9.17, 15) is 0 Å². The summed E-state index contributed by atoms with van der Waals surface area (Å²) in [5, 5.41) is 0. The van der Waals surface area contributed by atoms with Gasteiger partial charge in [0.25, 0.3) is 0 Å². The van der Waals surface area contributed by atoms with Crippen LogP contribution in [0.15, 0.2) is 110 Å². The van der Waals surface area contributed by atoms with Crippen LogP contribution in [-0.2, 0) is 5.41 Å². The molecule has 0 atom stereocenters. The monoisotopic (exact) mass is 403 g/mol. The molecule has 2 heteroatoms. The smallest absolute Gasteiger partial charge is 0.128 e. The number of anilines is 3. The quantitative estimate of drug-likeness (QED) is 0.313. The molecule has 1 aliphatic rings. The van der Waals surface area contributed by atoms with Crippen molar-refractivity contribution in [2.45, 2.75) is 19.3 Å². The molecule has 152 valence electrons. The zero-order valence-electron chi connectivity index (χ0n) is 17.9. The highest BCUT2D eigenvalue weighted by Crippen LogP contribution is 2.50. The summed E-state index contributed by atoms with van der Waals surface area (Å²) in [4.78, 5) is 2.27. The molecular formula is C29H25NO. The van der Waals surface area contributed by atoms with E-state index in [1.54, 1.807) is 0 Å². The van der Waals surface area contributed by atoms with Crippen LogP contribution >= 0.6 is 0 Å². The van der Waals surface area contributed by atoms with E-state index in [1.165, 1.54) is 28.5 Å². The number of para-hydroxylation sites is 1. The highest BCUT2D eigenvalue weighted by Gasteiger charge is 2.35. The van der Waals surface area contributed by atoms with Gasteiger partial charge < -0.3 is 9.64 Å².